The molecule has 2 aromatic rings. The maximum atomic E-state index is 14.6. The summed E-state index contributed by atoms with van der Waals surface area (Å²) in [5.41, 5.74) is -0.890. The van der Waals surface area contributed by atoms with E-state index in [9.17, 15) is 18.8 Å². The lowest BCUT2D eigenvalue weighted by molar-refractivity contribution is 0.0145. The molecule has 0 aliphatic carbocycles. The van der Waals surface area contributed by atoms with Gasteiger partial charge in [-0.15, -0.1) is 0 Å². The van der Waals surface area contributed by atoms with Crippen molar-refractivity contribution >= 4 is 50.3 Å². The Morgan fingerprint density at radius 1 is 1.40 bits per heavy atom. The van der Waals surface area contributed by atoms with Gasteiger partial charge < -0.3 is 14.5 Å². The van der Waals surface area contributed by atoms with Crippen molar-refractivity contribution in [2.45, 2.75) is 38.8 Å². The molecule has 1 atom stereocenters. The summed E-state index contributed by atoms with van der Waals surface area (Å²) in [6.45, 7) is 5.96. The van der Waals surface area contributed by atoms with E-state index in [1.165, 1.54) is 11.0 Å². The highest BCUT2D eigenvalue weighted by Crippen LogP contribution is 2.35. The normalized spacial score (nSPS) is 17.2. The zero-order chi connectivity index (χ0) is 22.2. The first kappa shape index (κ1) is 22.4. The van der Waals surface area contributed by atoms with E-state index < -0.39 is 29.6 Å². The summed E-state index contributed by atoms with van der Waals surface area (Å²) < 4.78 is 34.1. The zero-order valence-electron chi connectivity index (χ0n) is 16.5. The van der Waals surface area contributed by atoms with Crippen molar-refractivity contribution in [1.82, 2.24) is 14.9 Å². The largest absolute Gasteiger partial charge is 0.444 e. The lowest BCUT2D eigenvalue weighted by atomic mass is 10.1. The maximum Gasteiger partial charge on any atom is 0.410 e. The Morgan fingerprint density at radius 2 is 2.10 bits per heavy atom. The number of nitriles is 1. The number of hydrogen-bond donors (Lipinski definition) is 0. The quantitative estimate of drug-likeness (QED) is 0.439. The fraction of sp³-hybridized carbons (Fsp3) is 0.474. The summed E-state index contributed by atoms with van der Waals surface area (Å²) in [7, 11) is 0. The fourth-order valence-corrected chi connectivity index (χ4v) is 3.75. The van der Waals surface area contributed by atoms with Gasteiger partial charge in [-0.3, -0.25) is 0 Å². The first-order valence-electron chi connectivity index (χ1n) is 9.14. The van der Waals surface area contributed by atoms with Crippen molar-refractivity contribution in [3.05, 3.63) is 27.5 Å². The van der Waals surface area contributed by atoms with E-state index >= 15 is 0 Å². The van der Waals surface area contributed by atoms with E-state index in [2.05, 4.69) is 32.0 Å². The Labute approximate surface area is 185 Å². The molecule has 0 unspecified atom stereocenters. The summed E-state index contributed by atoms with van der Waals surface area (Å²) in [5.74, 6) is -0.640. The summed E-state index contributed by atoms with van der Waals surface area (Å²) in [6, 6.07) is 3.01. The molecule has 0 N–H and O–H groups in total. The number of anilines is 1. The molecule has 0 radical (unpaired) electrons. The van der Waals surface area contributed by atoms with Crippen molar-refractivity contribution in [3.8, 4) is 6.07 Å². The molecule has 1 aromatic heterocycles. The molecule has 1 saturated heterocycles. The third-order valence-corrected chi connectivity index (χ3v) is 5.82. The molecule has 1 fully saturated rings. The van der Waals surface area contributed by atoms with Gasteiger partial charge in [0.15, 0.2) is 5.82 Å². The number of nitrogens with zero attached hydrogens (tertiary/aromatic N) is 5. The molecule has 1 aliphatic heterocycles. The Balaban J connectivity index is 1.97. The van der Waals surface area contributed by atoms with Crippen LogP contribution < -0.4 is 4.90 Å². The third-order valence-electron chi connectivity index (χ3n) is 4.52. The maximum absolute atomic E-state index is 14.6. The SMILES string of the molecule is CC(C)(C)OC(=O)N1CCN(c2nc(F)nc3c(F)c(Br)c(Cl)cc23)C[C@@H]1CC#N. The number of carbonyl (C=O) groups excluding carboxylic acids is 1. The standard InChI is InChI=1S/C19H19BrClF2N5O2/c1-19(2,3)30-18(29)28-7-6-27(9-10(28)4-5-24)16-11-8-12(21)13(20)14(22)15(11)25-17(23)26-16/h8,10H,4,6-7,9H2,1-3H3/t10-/m0/s1. The number of piperazine rings is 1. The van der Waals surface area contributed by atoms with Crippen LogP contribution in [0, 0.1) is 23.2 Å². The second kappa shape index (κ2) is 8.47. The molecule has 1 aromatic carbocycles. The number of benzene rings is 1. The van der Waals surface area contributed by atoms with E-state index in [-0.39, 0.29) is 52.3 Å². The molecule has 0 spiro atoms. The van der Waals surface area contributed by atoms with E-state index in [1.54, 1.807) is 25.7 Å². The van der Waals surface area contributed by atoms with Gasteiger partial charge in [0.1, 0.15) is 16.9 Å². The van der Waals surface area contributed by atoms with Crippen LogP contribution in [0.5, 0.6) is 0 Å². The van der Waals surface area contributed by atoms with Gasteiger partial charge in [0.2, 0.25) is 0 Å². The predicted octanol–water partition coefficient (Wildman–Crippen LogP) is 4.66. The van der Waals surface area contributed by atoms with Gasteiger partial charge in [0, 0.05) is 25.0 Å². The topological polar surface area (TPSA) is 82.3 Å². The van der Waals surface area contributed by atoms with Gasteiger partial charge in [0.05, 0.1) is 28.0 Å². The molecule has 3 rings (SSSR count). The summed E-state index contributed by atoms with van der Waals surface area (Å²) in [4.78, 5) is 23.1. The van der Waals surface area contributed by atoms with Crippen LogP contribution in [0.1, 0.15) is 27.2 Å². The number of amides is 1. The van der Waals surface area contributed by atoms with Gasteiger partial charge in [0.25, 0.3) is 0 Å². The lowest BCUT2D eigenvalue weighted by Crippen LogP contribution is -2.56. The van der Waals surface area contributed by atoms with Crippen LogP contribution in [-0.4, -0.2) is 52.2 Å². The number of fused-ring (bicyclic) bond motifs is 1. The zero-order valence-corrected chi connectivity index (χ0v) is 18.9. The van der Waals surface area contributed by atoms with Crippen LogP contribution in [0.15, 0.2) is 10.5 Å². The number of ether oxygens (including phenoxy) is 1. The Kier molecular flexibility index (Phi) is 6.34. The molecule has 30 heavy (non-hydrogen) atoms. The first-order valence-corrected chi connectivity index (χ1v) is 10.3. The Morgan fingerprint density at radius 3 is 2.73 bits per heavy atom. The molecule has 1 amide bonds. The average Bonchev–Trinajstić information content (AvgIpc) is 2.65. The Hall–Kier alpha value is -2.25. The van der Waals surface area contributed by atoms with Crippen LogP contribution in [0.25, 0.3) is 10.9 Å². The molecule has 11 heteroatoms. The van der Waals surface area contributed by atoms with Crippen molar-refractivity contribution in [2.75, 3.05) is 24.5 Å². The number of hydrogen-bond acceptors (Lipinski definition) is 6. The van der Waals surface area contributed by atoms with Crippen LogP contribution in [0.2, 0.25) is 5.02 Å². The van der Waals surface area contributed by atoms with Crippen molar-refractivity contribution in [3.63, 3.8) is 0 Å². The number of rotatable bonds is 2. The van der Waals surface area contributed by atoms with Crippen molar-refractivity contribution in [1.29, 1.82) is 5.26 Å². The van der Waals surface area contributed by atoms with Crippen LogP contribution >= 0.6 is 27.5 Å². The molecule has 160 valence electrons. The monoisotopic (exact) mass is 501 g/mol. The summed E-state index contributed by atoms with van der Waals surface area (Å²) in [6.07, 6.45) is -1.57. The smallest absolute Gasteiger partial charge is 0.410 e. The third kappa shape index (κ3) is 4.57. The van der Waals surface area contributed by atoms with Gasteiger partial charge in [-0.25, -0.2) is 9.18 Å². The number of halogens is 4. The molecule has 7 nitrogen and oxygen atoms in total. The van der Waals surface area contributed by atoms with Gasteiger partial charge >= 0.3 is 12.2 Å². The van der Waals surface area contributed by atoms with E-state index in [4.69, 9.17) is 16.3 Å². The second-order valence-corrected chi connectivity index (χ2v) is 9.03. The summed E-state index contributed by atoms with van der Waals surface area (Å²) in [5, 5.41) is 9.56. The molecule has 0 saturated carbocycles. The minimum atomic E-state index is -1.09. The van der Waals surface area contributed by atoms with E-state index in [1.807, 2.05) is 0 Å². The highest BCUT2D eigenvalue weighted by atomic mass is 79.9. The predicted molar refractivity (Wildman–Crippen MR) is 111 cm³/mol. The average molecular weight is 503 g/mol. The highest BCUT2D eigenvalue weighted by Gasteiger charge is 2.34. The lowest BCUT2D eigenvalue weighted by Gasteiger charge is -2.41. The van der Waals surface area contributed by atoms with Crippen molar-refractivity contribution in [2.24, 2.45) is 0 Å². The molecular weight excluding hydrogens is 484 g/mol. The molecule has 1 aliphatic rings. The number of aromatic nitrogens is 2. The van der Waals surface area contributed by atoms with Gasteiger partial charge in [-0.05, 0) is 42.8 Å². The molecule has 2 heterocycles. The van der Waals surface area contributed by atoms with E-state index in [0.29, 0.717) is 0 Å². The van der Waals surface area contributed by atoms with Crippen LogP contribution in [0.3, 0.4) is 0 Å². The van der Waals surface area contributed by atoms with Crippen LogP contribution in [0.4, 0.5) is 19.4 Å². The second-order valence-electron chi connectivity index (χ2n) is 7.83. The van der Waals surface area contributed by atoms with Gasteiger partial charge in [-0.1, -0.05) is 11.6 Å². The van der Waals surface area contributed by atoms with Crippen LogP contribution in [-0.2, 0) is 4.74 Å². The number of carbonyl (C=O) groups is 1. The van der Waals surface area contributed by atoms with E-state index in [0.717, 1.165) is 0 Å². The first-order chi connectivity index (χ1) is 14.0. The highest BCUT2D eigenvalue weighted by molar-refractivity contribution is 9.10. The molecule has 0 bridgehead atoms. The van der Waals surface area contributed by atoms with Gasteiger partial charge in [-0.2, -0.15) is 19.6 Å². The fourth-order valence-electron chi connectivity index (χ4n) is 3.26. The minimum Gasteiger partial charge on any atom is -0.444 e. The minimum absolute atomic E-state index is 0.0159. The Bertz CT molecular complexity index is 1040. The van der Waals surface area contributed by atoms with Crippen molar-refractivity contribution < 1.29 is 18.3 Å². The summed E-state index contributed by atoms with van der Waals surface area (Å²) >= 11 is 9.11. The molecular formula is C19H19BrClF2N5O2.